The first-order chi connectivity index (χ1) is 6.65. The average Bonchev–Trinajstić information content (AvgIpc) is 2.50. The van der Waals surface area contributed by atoms with Gasteiger partial charge < -0.3 is 9.80 Å². The summed E-state index contributed by atoms with van der Waals surface area (Å²) < 4.78 is 0. The first-order valence-electron chi connectivity index (χ1n) is 5.18. The maximum Gasteiger partial charge on any atom is 0.0703 e. The van der Waals surface area contributed by atoms with Crippen molar-refractivity contribution in [2.45, 2.75) is 6.92 Å². The van der Waals surface area contributed by atoms with Gasteiger partial charge in [0.1, 0.15) is 0 Å². The second-order valence-electron chi connectivity index (χ2n) is 4.41. The highest BCUT2D eigenvalue weighted by atomic mass is 15.4. The fourth-order valence-corrected chi connectivity index (χ4v) is 2.14. The Hall–Kier alpha value is -0.960. The van der Waals surface area contributed by atoms with E-state index in [9.17, 15) is 0 Å². The summed E-state index contributed by atoms with van der Waals surface area (Å²) in [4.78, 5) is 7.07. The third kappa shape index (κ3) is 1.93. The Morgan fingerprint density at radius 3 is 2.57 bits per heavy atom. The number of likely N-dealkylation sites (N-methyl/N-ethyl adjacent to an activating group) is 2. The zero-order chi connectivity index (χ0) is 10.1. The Kier molecular flexibility index (Phi) is 2.50. The van der Waals surface area contributed by atoms with Gasteiger partial charge in [-0.15, -0.1) is 0 Å². The van der Waals surface area contributed by atoms with E-state index in [1.165, 1.54) is 24.4 Å². The molecule has 0 unspecified atom stereocenters. The maximum absolute atomic E-state index is 2.47. The summed E-state index contributed by atoms with van der Waals surface area (Å²) in [6, 6.07) is 0. The van der Waals surface area contributed by atoms with E-state index in [0.29, 0.717) is 0 Å². The van der Waals surface area contributed by atoms with Crippen LogP contribution in [-0.4, -0.2) is 55.1 Å². The van der Waals surface area contributed by atoms with E-state index in [4.69, 9.17) is 0 Å². The fraction of sp³-hybridized carbons (Fsp3) is 0.636. The second kappa shape index (κ2) is 3.65. The van der Waals surface area contributed by atoms with E-state index in [1.807, 2.05) is 0 Å². The number of rotatable bonds is 1. The minimum absolute atomic E-state index is 1.05. The van der Waals surface area contributed by atoms with E-state index in [2.05, 4.69) is 48.0 Å². The van der Waals surface area contributed by atoms with Gasteiger partial charge in [-0.2, -0.15) is 0 Å². The van der Waals surface area contributed by atoms with Crippen LogP contribution in [0.1, 0.15) is 6.92 Å². The predicted octanol–water partition coefficient (Wildman–Crippen LogP) is 0.924. The molecule has 2 heterocycles. The molecule has 0 aromatic heterocycles. The van der Waals surface area contributed by atoms with Crippen LogP contribution in [-0.2, 0) is 0 Å². The van der Waals surface area contributed by atoms with Gasteiger partial charge in [-0.3, -0.25) is 4.90 Å². The first-order valence-corrected chi connectivity index (χ1v) is 5.18. The van der Waals surface area contributed by atoms with Gasteiger partial charge in [-0.1, -0.05) is 0 Å². The summed E-state index contributed by atoms with van der Waals surface area (Å²) in [6.07, 6.45) is 4.50. The Morgan fingerprint density at radius 2 is 2.00 bits per heavy atom. The van der Waals surface area contributed by atoms with Crippen LogP contribution in [0.3, 0.4) is 0 Å². The molecule has 1 fully saturated rings. The van der Waals surface area contributed by atoms with Crippen molar-refractivity contribution in [3.05, 3.63) is 23.5 Å². The highest BCUT2D eigenvalue weighted by molar-refractivity contribution is 5.26. The smallest absolute Gasteiger partial charge is 0.0703 e. The van der Waals surface area contributed by atoms with Gasteiger partial charge in [0.2, 0.25) is 0 Å². The third-order valence-corrected chi connectivity index (χ3v) is 2.80. The van der Waals surface area contributed by atoms with Crippen LogP contribution >= 0.6 is 0 Å². The van der Waals surface area contributed by atoms with E-state index >= 15 is 0 Å². The molecule has 0 aliphatic carbocycles. The number of nitrogens with zero attached hydrogens (tertiary/aromatic N) is 3. The third-order valence-electron chi connectivity index (χ3n) is 2.80. The summed E-state index contributed by atoms with van der Waals surface area (Å²) in [5, 5.41) is 0. The summed E-state index contributed by atoms with van der Waals surface area (Å²) in [5.41, 5.74) is 2.81. The molecule has 0 radical (unpaired) electrons. The van der Waals surface area contributed by atoms with Crippen molar-refractivity contribution in [1.29, 1.82) is 0 Å². The minimum Gasteiger partial charge on any atom is -0.374 e. The van der Waals surface area contributed by atoms with Crippen LogP contribution in [0.5, 0.6) is 0 Å². The molecule has 0 spiro atoms. The molecule has 78 valence electrons. The van der Waals surface area contributed by atoms with E-state index < -0.39 is 0 Å². The monoisotopic (exact) mass is 193 g/mol. The van der Waals surface area contributed by atoms with Crippen molar-refractivity contribution in [2.24, 2.45) is 0 Å². The lowest BCUT2D eigenvalue weighted by atomic mass is 10.2. The SMILES string of the molecule is CC1=CN(C)CC(N2CCN(C)C2)=C1. The summed E-state index contributed by atoms with van der Waals surface area (Å²) in [7, 11) is 4.31. The molecule has 0 atom stereocenters. The van der Waals surface area contributed by atoms with E-state index in [0.717, 1.165) is 13.2 Å². The second-order valence-corrected chi connectivity index (χ2v) is 4.41. The predicted molar refractivity (Wildman–Crippen MR) is 58.7 cm³/mol. The molecule has 14 heavy (non-hydrogen) atoms. The van der Waals surface area contributed by atoms with Crippen LogP contribution in [0, 0.1) is 0 Å². The standard InChI is InChI=1S/C11H19N3/c1-10-6-11(8-13(3)7-10)14-5-4-12(2)9-14/h6-7H,4-5,8-9H2,1-3H3. The summed E-state index contributed by atoms with van der Waals surface area (Å²) in [5.74, 6) is 0. The summed E-state index contributed by atoms with van der Waals surface area (Å²) in [6.45, 7) is 6.64. The first kappa shape index (κ1) is 9.59. The molecule has 0 aromatic rings. The zero-order valence-corrected chi connectivity index (χ0v) is 9.32. The van der Waals surface area contributed by atoms with Crippen molar-refractivity contribution in [2.75, 3.05) is 40.4 Å². The zero-order valence-electron chi connectivity index (χ0n) is 9.32. The normalized spacial score (nSPS) is 23.9. The van der Waals surface area contributed by atoms with Crippen LogP contribution < -0.4 is 0 Å². The van der Waals surface area contributed by atoms with Gasteiger partial charge in [-0.05, 0) is 25.6 Å². The van der Waals surface area contributed by atoms with Gasteiger partial charge in [0.15, 0.2) is 0 Å². The van der Waals surface area contributed by atoms with Crippen molar-refractivity contribution in [3.8, 4) is 0 Å². The molecule has 0 N–H and O–H groups in total. The lowest BCUT2D eigenvalue weighted by molar-refractivity contribution is 0.299. The maximum atomic E-state index is 2.47. The Balaban J connectivity index is 2.08. The molecule has 0 amide bonds. The van der Waals surface area contributed by atoms with E-state index in [-0.39, 0.29) is 0 Å². The molecule has 0 saturated carbocycles. The molecule has 2 aliphatic heterocycles. The molecule has 2 rings (SSSR count). The topological polar surface area (TPSA) is 9.72 Å². The lowest BCUT2D eigenvalue weighted by Crippen LogP contribution is -2.30. The van der Waals surface area contributed by atoms with Gasteiger partial charge in [0, 0.05) is 32.0 Å². The van der Waals surface area contributed by atoms with Gasteiger partial charge >= 0.3 is 0 Å². The summed E-state index contributed by atoms with van der Waals surface area (Å²) >= 11 is 0. The van der Waals surface area contributed by atoms with Crippen LogP contribution in [0.25, 0.3) is 0 Å². The molecule has 0 bridgehead atoms. The van der Waals surface area contributed by atoms with Crippen molar-refractivity contribution in [1.82, 2.24) is 14.7 Å². The lowest BCUT2D eigenvalue weighted by Gasteiger charge is -2.29. The molecule has 3 heteroatoms. The van der Waals surface area contributed by atoms with Crippen LogP contribution in [0.15, 0.2) is 23.5 Å². The van der Waals surface area contributed by atoms with Crippen molar-refractivity contribution >= 4 is 0 Å². The molecule has 3 nitrogen and oxygen atoms in total. The van der Waals surface area contributed by atoms with Crippen LogP contribution in [0.2, 0.25) is 0 Å². The Labute approximate surface area is 86.3 Å². The van der Waals surface area contributed by atoms with Crippen LogP contribution in [0.4, 0.5) is 0 Å². The molecule has 0 aromatic carbocycles. The highest BCUT2D eigenvalue weighted by Gasteiger charge is 2.20. The molecule has 2 aliphatic rings. The van der Waals surface area contributed by atoms with Gasteiger partial charge in [0.25, 0.3) is 0 Å². The molecular formula is C11H19N3. The fourth-order valence-electron chi connectivity index (χ4n) is 2.14. The van der Waals surface area contributed by atoms with E-state index in [1.54, 1.807) is 0 Å². The Morgan fingerprint density at radius 1 is 1.21 bits per heavy atom. The van der Waals surface area contributed by atoms with Gasteiger partial charge in [-0.25, -0.2) is 0 Å². The highest BCUT2D eigenvalue weighted by Crippen LogP contribution is 2.18. The average molecular weight is 193 g/mol. The Bertz CT molecular complexity index is 280. The largest absolute Gasteiger partial charge is 0.374 e. The minimum atomic E-state index is 1.05. The number of hydrogen-bond donors (Lipinski definition) is 0. The van der Waals surface area contributed by atoms with Crippen molar-refractivity contribution < 1.29 is 0 Å². The molecular weight excluding hydrogens is 174 g/mol. The van der Waals surface area contributed by atoms with Gasteiger partial charge in [0.05, 0.1) is 13.2 Å². The molecule has 1 saturated heterocycles. The quantitative estimate of drug-likeness (QED) is 0.613. The number of hydrogen-bond acceptors (Lipinski definition) is 3. The number of allylic oxidation sites excluding steroid dienone is 2. The van der Waals surface area contributed by atoms with Crippen molar-refractivity contribution in [3.63, 3.8) is 0 Å².